The molecule has 0 saturated carbocycles. The first-order valence-corrected chi connectivity index (χ1v) is 5.65. The Morgan fingerprint density at radius 1 is 1.53 bits per heavy atom. The third kappa shape index (κ3) is 2.08. The number of nitrogens with zero attached hydrogens (tertiary/aromatic N) is 1. The average Bonchev–Trinajstić information content (AvgIpc) is 2.64. The minimum absolute atomic E-state index is 0.504. The Hall–Kier alpha value is -0.800. The zero-order valence-corrected chi connectivity index (χ0v) is 9.57. The van der Waals surface area contributed by atoms with Crippen LogP contribution in [0.5, 0.6) is 0 Å². The highest BCUT2D eigenvalue weighted by molar-refractivity contribution is 5.24. The van der Waals surface area contributed by atoms with Crippen molar-refractivity contribution in [2.45, 2.75) is 25.3 Å². The molecule has 3 heteroatoms. The van der Waals surface area contributed by atoms with E-state index in [0.29, 0.717) is 12.0 Å². The Morgan fingerprint density at radius 3 is 3.00 bits per heavy atom. The fraction of sp³-hybridized carbons (Fsp3) is 0.667. The molecule has 0 fully saturated rings. The number of furan rings is 1. The second-order valence-electron chi connectivity index (χ2n) is 4.66. The third-order valence-electron chi connectivity index (χ3n) is 3.37. The van der Waals surface area contributed by atoms with Crippen LogP contribution in [-0.2, 0) is 6.42 Å². The molecule has 2 atom stereocenters. The fourth-order valence-electron chi connectivity index (χ4n) is 2.55. The standard InChI is InChI=1S/C12H20N2O/c1-14(2)11-7-9(3-5-13)8-12-10(11)4-6-15-12/h4,6,9,11H,3,5,7-8,13H2,1-2H3. The summed E-state index contributed by atoms with van der Waals surface area (Å²) in [5, 5.41) is 0. The highest BCUT2D eigenvalue weighted by Gasteiger charge is 2.29. The lowest BCUT2D eigenvalue weighted by molar-refractivity contribution is 0.215. The molecule has 0 radical (unpaired) electrons. The molecule has 0 aromatic carbocycles. The Morgan fingerprint density at radius 2 is 2.33 bits per heavy atom. The van der Waals surface area contributed by atoms with Crippen LogP contribution in [0.4, 0.5) is 0 Å². The smallest absolute Gasteiger partial charge is 0.108 e. The topological polar surface area (TPSA) is 42.4 Å². The van der Waals surface area contributed by atoms with Crippen LogP contribution in [0.25, 0.3) is 0 Å². The minimum atomic E-state index is 0.504. The average molecular weight is 208 g/mol. The molecule has 2 rings (SSSR count). The number of hydrogen-bond donors (Lipinski definition) is 1. The van der Waals surface area contributed by atoms with Gasteiger partial charge in [-0.2, -0.15) is 0 Å². The van der Waals surface area contributed by atoms with Crippen molar-refractivity contribution in [2.24, 2.45) is 11.7 Å². The van der Waals surface area contributed by atoms with E-state index in [0.717, 1.165) is 19.4 Å². The SMILES string of the molecule is CN(C)C1CC(CCN)Cc2occc21. The predicted octanol–water partition coefficient (Wildman–Crippen LogP) is 1.79. The molecule has 3 nitrogen and oxygen atoms in total. The van der Waals surface area contributed by atoms with E-state index in [1.807, 2.05) is 6.26 Å². The second-order valence-corrected chi connectivity index (χ2v) is 4.66. The molecule has 2 N–H and O–H groups in total. The highest BCUT2D eigenvalue weighted by atomic mass is 16.3. The molecule has 0 saturated heterocycles. The normalized spacial score (nSPS) is 25.6. The van der Waals surface area contributed by atoms with Crippen LogP contribution in [0.15, 0.2) is 16.7 Å². The molecule has 1 aliphatic rings. The van der Waals surface area contributed by atoms with Crippen molar-refractivity contribution in [1.82, 2.24) is 4.90 Å². The van der Waals surface area contributed by atoms with Crippen LogP contribution in [-0.4, -0.2) is 25.5 Å². The first kappa shape index (κ1) is 10.7. The van der Waals surface area contributed by atoms with E-state index in [9.17, 15) is 0 Å². The maximum absolute atomic E-state index is 5.63. The van der Waals surface area contributed by atoms with Gasteiger partial charge in [0.1, 0.15) is 5.76 Å². The monoisotopic (exact) mass is 208 g/mol. The molecule has 0 bridgehead atoms. The quantitative estimate of drug-likeness (QED) is 0.823. The van der Waals surface area contributed by atoms with Gasteiger partial charge in [0, 0.05) is 18.0 Å². The fourth-order valence-corrected chi connectivity index (χ4v) is 2.55. The maximum atomic E-state index is 5.63. The van der Waals surface area contributed by atoms with Crippen molar-refractivity contribution >= 4 is 0 Å². The van der Waals surface area contributed by atoms with E-state index in [1.54, 1.807) is 0 Å². The van der Waals surface area contributed by atoms with Gasteiger partial charge in [-0.15, -0.1) is 0 Å². The lowest BCUT2D eigenvalue weighted by atomic mass is 9.82. The van der Waals surface area contributed by atoms with Crippen molar-refractivity contribution in [3.8, 4) is 0 Å². The van der Waals surface area contributed by atoms with Crippen LogP contribution in [0, 0.1) is 5.92 Å². The molecule has 0 aliphatic heterocycles. The van der Waals surface area contributed by atoms with E-state index in [2.05, 4.69) is 25.1 Å². The Balaban J connectivity index is 2.19. The van der Waals surface area contributed by atoms with Gasteiger partial charge in [0.05, 0.1) is 6.26 Å². The molecule has 84 valence electrons. The largest absolute Gasteiger partial charge is 0.469 e. The van der Waals surface area contributed by atoms with Gasteiger partial charge in [-0.25, -0.2) is 0 Å². The molecular weight excluding hydrogens is 188 g/mol. The zero-order valence-electron chi connectivity index (χ0n) is 9.57. The predicted molar refractivity (Wildman–Crippen MR) is 60.6 cm³/mol. The molecular formula is C12H20N2O. The van der Waals surface area contributed by atoms with E-state index < -0.39 is 0 Å². The van der Waals surface area contributed by atoms with E-state index in [1.165, 1.54) is 17.7 Å². The Kier molecular flexibility index (Phi) is 3.12. The first-order chi connectivity index (χ1) is 7.22. The molecule has 0 amide bonds. The van der Waals surface area contributed by atoms with Gasteiger partial charge in [0.2, 0.25) is 0 Å². The Labute approximate surface area is 91.2 Å². The number of hydrogen-bond acceptors (Lipinski definition) is 3. The van der Waals surface area contributed by atoms with Crippen molar-refractivity contribution in [2.75, 3.05) is 20.6 Å². The van der Waals surface area contributed by atoms with Crippen molar-refractivity contribution < 1.29 is 4.42 Å². The summed E-state index contributed by atoms with van der Waals surface area (Å²) in [6, 6.07) is 2.61. The molecule has 1 heterocycles. The highest BCUT2D eigenvalue weighted by Crippen LogP contribution is 2.37. The number of fused-ring (bicyclic) bond motifs is 1. The summed E-state index contributed by atoms with van der Waals surface area (Å²) >= 11 is 0. The van der Waals surface area contributed by atoms with Gasteiger partial charge >= 0.3 is 0 Å². The molecule has 1 aliphatic carbocycles. The van der Waals surface area contributed by atoms with Crippen LogP contribution in [0.3, 0.4) is 0 Å². The summed E-state index contributed by atoms with van der Waals surface area (Å²) in [5.41, 5.74) is 7.00. The first-order valence-electron chi connectivity index (χ1n) is 5.65. The van der Waals surface area contributed by atoms with E-state index in [4.69, 9.17) is 10.2 Å². The molecule has 15 heavy (non-hydrogen) atoms. The van der Waals surface area contributed by atoms with Crippen LogP contribution in [0.1, 0.15) is 30.2 Å². The van der Waals surface area contributed by atoms with Crippen molar-refractivity contribution in [1.29, 1.82) is 0 Å². The van der Waals surface area contributed by atoms with Crippen LogP contribution >= 0.6 is 0 Å². The summed E-state index contributed by atoms with van der Waals surface area (Å²) in [6.07, 6.45) is 5.18. The van der Waals surface area contributed by atoms with E-state index in [-0.39, 0.29) is 0 Å². The second kappa shape index (κ2) is 4.37. The summed E-state index contributed by atoms with van der Waals surface area (Å²) in [4.78, 5) is 2.27. The van der Waals surface area contributed by atoms with Gasteiger partial charge in [-0.3, -0.25) is 0 Å². The summed E-state index contributed by atoms with van der Waals surface area (Å²) in [7, 11) is 4.26. The number of rotatable bonds is 3. The Bertz CT molecular complexity index is 319. The molecule has 0 spiro atoms. The number of nitrogens with two attached hydrogens (primary N) is 1. The van der Waals surface area contributed by atoms with Gasteiger partial charge in [0.25, 0.3) is 0 Å². The lowest BCUT2D eigenvalue weighted by Gasteiger charge is -2.32. The maximum Gasteiger partial charge on any atom is 0.108 e. The van der Waals surface area contributed by atoms with Gasteiger partial charge < -0.3 is 15.1 Å². The van der Waals surface area contributed by atoms with Gasteiger partial charge in [-0.05, 0) is 45.5 Å². The van der Waals surface area contributed by atoms with Gasteiger partial charge in [-0.1, -0.05) is 0 Å². The van der Waals surface area contributed by atoms with Crippen LogP contribution < -0.4 is 5.73 Å². The van der Waals surface area contributed by atoms with E-state index >= 15 is 0 Å². The minimum Gasteiger partial charge on any atom is -0.469 e. The summed E-state index contributed by atoms with van der Waals surface area (Å²) in [6.45, 7) is 0.779. The molecule has 1 aromatic heterocycles. The third-order valence-corrected chi connectivity index (χ3v) is 3.37. The molecule has 2 unspecified atom stereocenters. The van der Waals surface area contributed by atoms with Crippen molar-refractivity contribution in [3.63, 3.8) is 0 Å². The van der Waals surface area contributed by atoms with Crippen LogP contribution in [0.2, 0.25) is 0 Å². The summed E-state index contributed by atoms with van der Waals surface area (Å²) < 4.78 is 5.55. The lowest BCUT2D eigenvalue weighted by Crippen LogP contribution is -2.28. The van der Waals surface area contributed by atoms with Gasteiger partial charge in [0.15, 0.2) is 0 Å². The summed E-state index contributed by atoms with van der Waals surface area (Å²) in [5.74, 6) is 1.85. The molecule has 1 aromatic rings. The van der Waals surface area contributed by atoms with Crippen molar-refractivity contribution in [3.05, 3.63) is 23.7 Å². The zero-order chi connectivity index (χ0) is 10.8.